The van der Waals surface area contributed by atoms with Crippen LogP contribution in [0.15, 0.2) is 53.0 Å². The average molecular weight is 288 g/mol. The summed E-state index contributed by atoms with van der Waals surface area (Å²) in [5.74, 6) is 0.0400. The summed E-state index contributed by atoms with van der Waals surface area (Å²) in [5, 5.41) is 27.4. The van der Waals surface area contributed by atoms with Gasteiger partial charge in [0.15, 0.2) is 11.3 Å². The van der Waals surface area contributed by atoms with Crippen LogP contribution in [0.1, 0.15) is 19.5 Å². The normalized spacial score (nSPS) is 15.9. The molecule has 106 valence electrons. The summed E-state index contributed by atoms with van der Waals surface area (Å²) in [4.78, 5) is 4.17. The molecule has 0 spiro atoms. The van der Waals surface area contributed by atoms with E-state index in [1.165, 1.54) is 0 Å². The fourth-order valence-corrected chi connectivity index (χ4v) is 2.13. The lowest BCUT2D eigenvalue weighted by Gasteiger charge is -2.20. The molecular formula is C17H12N4O. The molecule has 0 radical (unpaired) electrons. The van der Waals surface area contributed by atoms with Crippen LogP contribution in [0, 0.1) is 34.0 Å². The third-order valence-electron chi connectivity index (χ3n) is 3.17. The summed E-state index contributed by atoms with van der Waals surface area (Å²) in [6.45, 7) is 3.56. The molecule has 1 aliphatic rings. The second kappa shape index (κ2) is 5.95. The molecule has 2 rings (SSSR count). The van der Waals surface area contributed by atoms with Gasteiger partial charge in [-0.15, -0.1) is 0 Å². The van der Waals surface area contributed by atoms with E-state index in [1.54, 1.807) is 44.3 Å². The largest absolute Gasteiger partial charge is 0.480 e. The maximum absolute atomic E-state index is 9.39. The molecule has 0 unspecified atom stereocenters. The Hall–Kier alpha value is -3.36. The number of pyridine rings is 1. The molecule has 22 heavy (non-hydrogen) atoms. The highest BCUT2D eigenvalue weighted by atomic mass is 16.5. The zero-order chi connectivity index (χ0) is 16.2. The van der Waals surface area contributed by atoms with Crippen molar-refractivity contribution in [3.63, 3.8) is 0 Å². The van der Waals surface area contributed by atoms with Crippen LogP contribution in [0.2, 0.25) is 0 Å². The summed E-state index contributed by atoms with van der Waals surface area (Å²) < 4.78 is 5.66. The van der Waals surface area contributed by atoms with Gasteiger partial charge in [0.1, 0.15) is 29.4 Å². The van der Waals surface area contributed by atoms with Crippen LogP contribution < -0.4 is 0 Å². The van der Waals surface area contributed by atoms with Crippen LogP contribution in [-0.4, -0.2) is 10.6 Å². The SMILES string of the molecule is CC1(C)OC(=C(C#N)C#N)C(C#N)=C1/C=C/c1ccccn1. The third-order valence-corrected chi connectivity index (χ3v) is 3.17. The molecule has 0 saturated carbocycles. The van der Waals surface area contributed by atoms with Crippen molar-refractivity contribution in [2.24, 2.45) is 0 Å². The van der Waals surface area contributed by atoms with E-state index in [1.807, 2.05) is 24.3 Å². The van der Waals surface area contributed by atoms with Crippen molar-refractivity contribution in [2.45, 2.75) is 19.4 Å². The van der Waals surface area contributed by atoms with E-state index in [9.17, 15) is 5.26 Å². The minimum atomic E-state index is -0.801. The van der Waals surface area contributed by atoms with Gasteiger partial charge >= 0.3 is 0 Å². The highest BCUT2D eigenvalue weighted by Crippen LogP contribution is 2.40. The number of ether oxygens (including phenoxy) is 1. The fraction of sp³-hybridized carbons (Fsp3) is 0.176. The number of nitriles is 3. The van der Waals surface area contributed by atoms with E-state index in [2.05, 4.69) is 4.98 Å². The summed E-state index contributed by atoms with van der Waals surface area (Å²) in [5.41, 5.74) is 0.547. The highest BCUT2D eigenvalue weighted by molar-refractivity contribution is 5.63. The monoisotopic (exact) mass is 288 g/mol. The van der Waals surface area contributed by atoms with Crippen LogP contribution in [0.25, 0.3) is 6.08 Å². The van der Waals surface area contributed by atoms with Gasteiger partial charge in [-0.1, -0.05) is 12.1 Å². The first kappa shape index (κ1) is 15.0. The minimum absolute atomic E-state index is 0.0400. The molecule has 5 heteroatoms. The van der Waals surface area contributed by atoms with Gasteiger partial charge in [0, 0.05) is 11.8 Å². The van der Waals surface area contributed by atoms with Crippen molar-refractivity contribution in [2.75, 3.05) is 0 Å². The maximum atomic E-state index is 9.39. The molecule has 0 aromatic carbocycles. The Morgan fingerprint density at radius 1 is 1.18 bits per heavy atom. The number of allylic oxidation sites excluding steroid dienone is 2. The average Bonchev–Trinajstić information content (AvgIpc) is 2.77. The first-order chi connectivity index (χ1) is 10.5. The van der Waals surface area contributed by atoms with Gasteiger partial charge in [-0.25, -0.2) is 0 Å². The Labute approximate surface area is 128 Å². The van der Waals surface area contributed by atoms with E-state index in [-0.39, 0.29) is 16.9 Å². The smallest absolute Gasteiger partial charge is 0.172 e. The number of rotatable bonds is 2. The van der Waals surface area contributed by atoms with Crippen molar-refractivity contribution in [1.29, 1.82) is 15.8 Å². The maximum Gasteiger partial charge on any atom is 0.172 e. The standard InChI is InChI=1S/C17H12N4O/c1-17(2)15(7-6-13-5-3-4-8-21-13)14(11-20)16(22-17)12(9-18)10-19/h3-8H,1-2H3/b7-6+. The summed E-state index contributed by atoms with van der Waals surface area (Å²) in [6.07, 6.45) is 5.17. The number of hydrogen-bond donors (Lipinski definition) is 0. The van der Waals surface area contributed by atoms with Crippen molar-refractivity contribution in [1.82, 2.24) is 4.98 Å². The molecule has 5 nitrogen and oxygen atoms in total. The lowest BCUT2D eigenvalue weighted by atomic mass is 9.94. The summed E-state index contributed by atoms with van der Waals surface area (Å²) in [6, 6.07) is 11.1. The van der Waals surface area contributed by atoms with Gasteiger partial charge in [-0.2, -0.15) is 15.8 Å². The Morgan fingerprint density at radius 3 is 2.45 bits per heavy atom. The predicted octanol–water partition coefficient (Wildman–Crippen LogP) is 3.03. The number of nitrogens with zero attached hydrogens (tertiary/aromatic N) is 4. The molecule has 0 bridgehead atoms. The van der Waals surface area contributed by atoms with Gasteiger partial charge in [-0.05, 0) is 32.1 Å². The Kier molecular flexibility index (Phi) is 4.07. The summed E-state index contributed by atoms with van der Waals surface area (Å²) in [7, 11) is 0. The topological polar surface area (TPSA) is 93.5 Å². The molecule has 2 heterocycles. The van der Waals surface area contributed by atoms with Crippen molar-refractivity contribution >= 4 is 6.08 Å². The van der Waals surface area contributed by atoms with Crippen molar-refractivity contribution in [3.8, 4) is 18.2 Å². The molecule has 1 aromatic rings. The van der Waals surface area contributed by atoms with E-state index in [4.69, 9.17) is 15.3 Å². The Balaban J connectivity index is 2.56. The Morgan fingerprint density at radius 2 is 1.91 bits per heavy atom. The molecule has 1 aromatic heterocycles. The van der Waals surface area contributed by atoms with Crippen LogP contribution in [0.5, 0.6) is 0 Å². The van der Waals surface area contributed by atoms with E-state index in [0.717, 1.165) is 5.69 Å². The molecular weight excluding hydrogens is 276 g/mol. The molecule has 0 aliphatic carbocycles. The molecule has 0 amide bonds. The first-order valence-electron chi connectivity index (χ1n) is 6.51. The van der Waals surface area contributed by atoms with Crippen LogP contribution in [0.3, 0.4) is 0 Å². The van der Waals surface area contributed by atoms with Gasteiger partial charge < -0.3 is 4.74 Å². The zero-order valence-electron chi connectivity index (χ0n) is 12.2. The molecule has 0 N–H and O–H groups in total. The van der Waals surface area contributed by atoms with Crippen LogP contribution >= 0.6 is 0 Å². The first-order valence-corrected chi connectivity index (χ1v) is 6.51. The second-order valence-corrected chi connectivity index (χ2v) is 5.03. The van der Waals surface area contributed by atoms with E-state index < -0.39 is 5.60 Å². The van der Waals surface area contributed by atoms with Gasteiger partial charge in [0.2, 0.25) is 0 Å². The summed E-state index contributed by atoms with van der Waals surface area (Å²) >= 11 is 0. The predicted molar refractivity (Wildman–Crippen MR) is 79.3 cm³/mol. The van der Waals surface area contributed by atoms with Crippen molar-refractivity contribution < 1.29 is 4.74 Å². The third kappa shape index (κ3) is 2.73. The van der Waals surface area contributed by atoms with Gasteiger partial charge in [0.25, 0.3) is 0 Å². The Bertz CT molecular complexity index is 793. The number of aromatic nitrogens is 1. The molecule has 0 saturated heterocycles. The zero-order valence-corrected chi connectivity index (χ0v) is 12.2. The lowest BCUT2D eigenvalue weighted by molar-refractivity contribution is 0.0954. The lowest BCUT2D eigenvalue weighted by Crippen LogP contribution is -2.20. The van der Waals surface area contributed by atoms with Crippen molar-refractivity contribution in [3.05, 3.63) is 58.6 Å². The van der Waals surface area contributed by atoms with Gasteiger partial charge in [0.05, 0.1) is 5.69 Å². The number of hydrogen-bond acceptors (Lipinski definition) is 5. The van der Waals surface area contributed by atoms with E-state index >= 15 is 0 Å². The quantitative estimate of drug-likeness (QED) is 0.780. The van der Waals surface area contributed by atoms with Gasteiger partial charge in [-0.3, -0.25) is 4.98 Å². The molecule has 1 aliphatic heterocycles. The fourth-order valence-electron chi connectivity index (χ4n) is 2.13. The minimum Gasteiger partial charge on any atom is -0.480 e. The van der Waals surface area contributed by atoms with Crippen LogP contribution in [0.4, 0.5) is 0 Å². The second-order valence-electron chi connectivity index (χ2n) is 5.03. The van der Waals surface area contributed by atoms with E-state index in [0.29, 0.717) is 5.57 Å². The van der Waals surface area contributed by atoms with Crippen LogP contribution in [-0.2, 0) is 4.74 Å². The molecule has 0 fully saturated rings. The molecule has 0 atom stereocenters. The highest BCUT2D eigenvalue weighted by Gasteiger charge is 2.38.